The highest BCUT2D eigenvalue weighted by atomic mass is 35.5. The van der Waals surface area contributed by atoms with Crippen LogP contribution in [-0.4, -0.2) is 50.3 Å². The van der Waals surface area contributed by atoms with Crippen molar-refractivity contribution < 1.29 is 0 Å². The van der Waals surface area contributed by atoms with E-state index < -0.39 is 0 Å². The van der Waals surface area contributed by atoms with E-state index >= 15 is 0 Å². The van der Waals surface area contributed by atoms with Gasteiger partial charge in [-0.15, -0.1) is 0 Å². The molecular formula is C14H19ClN6. The fourth-order valence-corrected chi connectivity index (χ4v) is 2.77. The molecular weight excluding hydrogens is 288 g/mol. The fourth-order valence-electron chi connectivity index (χ4n) is 2.67. The Hall–Kier alpha value is -1.66. The maximum atomic E-state index is 5.84. The van der Waals surface area contributed by atoms with Crippen LogP contribution in [0, 0.1) is 0 Å². The first-order valence-electron chi connectivity index (χ1n) is 7.06. The molecule has 6 nitrogen and oxygen atoms in total. The Balaban J connectivity index is 1.62. The largest absolute Gasteiger partial charge is 0.338 e. The summed E-state index contributed by atoms with van der Waals surface area (Å²) >= 11 is 5.84. The van der Waals surface area contributed by atoms with Gasteiger partial charge in [-0.1, -0.05) is 11.6 Å². The van der Waals surface area contributed by atoms with E-state index in [1.54, 1.807) is 12.4 Å². The maximum absolute atomic E-state index is 5.84. The Kier molecular flexibility index (Phi) is 4.07. The number of hydrogen-bond acceptors (Lipinski definition) is 5. The van der Waals surface area contributed by atoms with Crippen molar-refractivity contribution >= 4 is 17.5 Å². The molecule has 1 unspecified atom stereocenters. The molecule has 2 aromatic rings. The van der Waals surface area contributed by atoms with Crippen LogP contribution < -0.4 is 4.90 Å². The van der Waals surface area contributed by atoms with Crippen molar-refractivity contribution in [3.05, 3.63) is 35.4 Å². The molecule has 1 fully saturated rings. The van der Waals surface area contributed by atoms with Crippen LogP contribution in [0.25, 0.3) is 0 Å². The SMILES string of the molecule is CC1CN(c2ncc(Cl)cn2)CCN1Cc1cnn(C)c1. The first-order valence-corrected chi connectivity index (χ1v) is 7.43. The van der Waals surface area contributed by atoms with Gasteiger partial charge in [0.2, 0.25) is 5.95 Å². The molecule has 0 saturated carbocycles. The third-order valence-corrected chi connectivity index (χ3v) is 3.99. The predicted octanol–water partition coefficient (Wildman–Crippen LogP) is 1.57. The summed E-state index contributed by atoms with van der Waals surface area (Å²) in [6, 6.07) is 0.443. The number of piperazine rings is 1. The van der Waals surface area contributed by atoms with Gasteiger partial charge in [0.05, 0.1) is 23.6 Å². The number of anilines is 1. The van der Waals surface area contributed by atoms with Gasteiger partial charge in [-0.2, -0.15) is 5.10 Å². The third-order valence-electron chi connectivity index (χ3n) is 3.80. The average molecular weight is 307 g/mol. The van der Waals surface area contributed by atoms with Gasteiger partial charge >= 0.3 is 0 Å². The molecule has 21 heavy (non-hydrogen) atoms. The van der Waals surface area contributed by atoms with Crippen molar-refractivity contribution in [3.8, 4) is 0 Å². The quantitative estimate of drug-likeness (QED) is 0.861. The van der Waals surface area contributed by atoms with Crippen molar-refractivity contribution in [2.45, 2.75) is 19.5 Å². The minimum atomic E-state index is 0.443. The van der Waals surface area contributed by atoms with Crippen molar-refractivity contribution in [2.24, 2.45) is 7.05 Å². The zero-order valence-electron chi connectivity index (χ0n) is 12.3. The second-order valence-corrected chi connectivity index (χ2v) is 5.93. The van der Waals surface area contributed by atoms with Gasteiger partial charge in [0, 0.05) is 51.0 Å². The van der Waals surface area contributed by atoms with Gasteiger partial charge in [0.1, 0.15) is 0 Å². The van der Waals surface area contributed by atoms with E-state index in [0.717, 1.165) is 32.1 Å². The summed E-state index contributed by atoms with van der Waals surface area (Å²) in [6.07, 6.45) is 7.30. The van der Waals surface area contributed by atoms with Gasteiger partial charge in [0.25, 0.3) is 0 Å². The minimum Gasteiger partial charge on any atom is -0.338 e. The van der Waals surface area contributed by atoms with Crippen LogP contribution >= 0.6 is 11.6 Å². The van der Waals surface area contributed by atoms with Crippen LogP contribution in [0.1, 0.15) is 12.5 Å². The van der Waals surface area contributed by atoms with Crippen LogP contribution in [0.2, 0.25) is 5.02 Å². The van der Waals surface area contributed by atoms with Crippen molar-refractivity contribution in [1.29, 1.82) is 0 Å². The fraction of sp³-hybridized carbons (Fsp3) is 0.500. The molecule has 0 N–H and O–H groups in total. The highest BCUT2D eigenvalue weighted by molar-refractivity contribution is 6.30. The zero-order valence-corrected chi connectivity index (χ0v) is 13.0. The lowest BCUT2D eigenvalue weighted by atomic mass is 10.1. The normalized spacial score (nSPS) is 20.0. The summed E-state index contributed by atoms with van der Waals surface area (Å²) in [5.41, 5.74) is 1.25. The van der Waals surface area contributed by atoms with Crippen LogP contribution in [0.15, 0.2) is 24.8 Å². The van der Waals surface area contributed by atoms with E-state index in [0.29, 0.717) is 11.1 Å². The summed E-state index contributed by atoms with van der Waals surface area (Å²) in [4.78, 5) is 13.3. The smallest absolute Gasteiger partial charge is 0.225 e. The molecule has 3 rings (SSSR count). The van der Waals surface area contributed by atoms with E-state index in [2.05, 4.69) is 38.0 Å². The van der Waals surface area contributed by atoms with E-state index in [1.807, 2.05) is 17.9 Å². The summed E-state index contributed by atoms with van der Waals surface area (Å²) < 4.78 is 1.85. The Morgan fingerprint density at radius 1 is 1.24 bits per heavy atom. The molecule has 0 radical (unpaired) electrons. The highest BCUT2D eigenvalue weighted by Crippen LogP contribution is 2.18. The predicted molar refractivity (Wildman–Crippen MR) is 82.3 cm³/mol. The van der Waals surface area contributed by atoms with E-state index in [9.17, 15) is 0 Å². The Labute approximate surface area is 129 Å². The lowest BCUT2D eigenvalue weighted by molar-refractivity contribution is 0.180. The lowest BCUT2D eigenvalue weighted by Gasteiger charge is -2.39. The van der Waals surface area contributed by atoms with Gasteiger partial charge in [0.15, 0.2) is 0 Å². The molecule has 0 bridgehead atoms. The van der Waals surface area contributed by atoms with Crippen LogP contribution in [0.5, 0.6) is 0 Å². The van der Waals surface area contributed by atoms with Crippen molar-refractivity contribution in [1.82, 2.24) is 24.6 Å². The van der Waals surface area contributed by atoms with Gasteiger partial charge < -0.3 is 4.90 Å². The zero-order chi connectivity index (χ0) is 14.8. The first kappa shape index (κ1) is 14.3. The number of rotatable bonds is 3. The molecule has 0 aromatic carbocycles. The molecule has 0 amide bonds. The number of aryl methyl sites for hydroxylation is 1. The number of hydrogen-bond donors (Lipinski definition) is 0. The van der Waals surface area contributed by atoms with E-state index in [4.69, 9.17) is 11.6 Å². The number of aromatic nitrogens is 4. The maximum Gasteiger partial charge on any atom is 0.225 e. The number of halogens is 1. The van der Waals surface area contributed by atoms with Gasteiger partial charge in [-0.25, -0.2) is 9.97 Å². The molecule has 2 aromatic heterocycles. The Bertz CT molecular complexity index is 596. The molecule has 0 aliphatic carbocycles. The second-order valence-electron chi connectivity index (χ2n) is 5.49. The van der Waals surface area contributed by atoms with Crippen molar-refractivity contribution in [3.63, 3.8) is 0 Å². The lowest BCUT2D eigenvalue weighted by Crippen LogP contribution is -2.51. The van der Waals surface area contributed by atoms with Gasteiger partial charge in [-0.3, -0.25) is 9.58 Å². The third kappa shape index (κ3) is 3.33. The second kappa shape index (κ2) is 5.99. The molecule has 0 spiro atoms. The van der Waals surface area contributed by atoms with Crippen LogP contribution in [0.3, 0.4) is 0 Å². The Morgan fingerprint density at radius 3 is 2.62 bits per heavy atom. The minimum absolute atomic E-state index is 0.443. The molecule has 1 aliphatic heterocycles. The van der Waals surface area contributed by atoms with E-state index in [1.165, 1.54) is 5.56 Å². The summed E-state index contributed by atoms with van der Waals surface area (Å²) in [6.45, 7) is 6.00. The standard InChI is InChI=1S/C14H19ClN6/c1-11-8-21(14-16-6-13(15)7-17-14)4-3-20(11)10-12-5-18-19(2)9-12/h5-7,9,11H,3-4,8,10H2,1-2H3. The van der Waals surface area contributed by atoms with Crippen LogP contribution in [0.4, 0.5) is 5.95 Å². The van der Waals surface area contributed by atoms with Crippen molar-refractivity contribution in [2.75, 3.05) is 24.5 Å². The Morgan fingerprint density at radius 2 is 2.00 bits per heavy atom. The average Bonchev–Trinajstić information content (AvgIpc) is 2.87. The molecule has 1 aliphatic rings. The molecule has 1 atom stereocenters. The summed E-state index contributed by atoms with van der Waals surface area (Å²) in [5.74, 6) is 0.757. The summed E-state index contributed by atoms with van der Waals surface area (Å²) in [5, 5.41) is 4.80. The highest BCUT2D eigenvalue weighted by Gasteiger charge is 2.25. The van der Waals surface area contributed by atoms with Crippen LogP contribution in [-0.2, 0) is 13.6 Å². The molecule has 7 heteroatoms. The molecule has 112 valence electrons. The first-order chi connectivity index (χ1) is 10.1. The number of nitrogens with zero attached hydrogens (tertiary/aromatic N) is 6. The van der Waals surface area contributed by atoms with E-state index in [-0.39, 0.29) is 0 Å². The monoisotopic (exact) mass is 306 g/mol. The van der Waals surface area contributed by atoms with Gasteiger partial charge in [-0.05, 0) is 6.92 Å². The topological polar surface area (TPSA) is 50.1 Å². The molecule has 1 saturated heterocycles. The molecule has 3 heterocycles. The summed E-state index contributed by atoms with van der Waals surface area (Å²) in [7, 11) is 1.95.